The van der Waals surface area contributed by atoms with Crippen LogP contribution in [-0.2, 0) is 0 Å². The monoisotopic (exact) mass is 666 g/mol. The van der Waals surface area contributed by atoms with E-state index in [1.54, 1.807) is 31.4 Å². The molecule has 3 aromatic carbocycles. The summed E-state index contributed by atoms with van der Waals surface area (Å²) in [5, 5.41) is 0. The van der Waals surface area contributed by atoms with Crippen LogP contribution >= 0.6 is 10.9 Å². The highest BCUT2D eigenvalue weighted by molar-refractivity contribution is 8.17. The summed E-state index contributed by atoms with van der Waals surface area (Å²) in [6, 6.07) is 31.0. The van der Waals surface area contributed by atoms with Gasteiger partial charge in [0.2, 0.25) is 0 Å². The standard InChI is InChI=1S/C48H58S/c1-4-37-31-22-43(46(25-31)40(37)7-1)28-10-16-34(17-11-28)49(35-18-12-29(13-19-35)44-23-32-26-47(44)41-8-2-5-38(32)41)36-20-14-30(15-21-36)45-24-33-27-48(45)42-9-3-6-39(33)42/h10-21,31-33,37-49H,1-9,22-27H2. The number of rotatable bonds is 6. The first-order chi connectivity index (χ1) is 24.2. The van der Waals surface area contributed by atoms with Crippen molar-refractivity contribution >= 4 is 10.9 Å². The average Bonchev–Trinajstić information content (AvgIpc) is 3.99. The Labute approximate surface area is 299 Å². The Morgan fingerprint density at radius 1 is 0.306 bits per heavy atom. The molecule has 9 saturated carbocycles. The number of hydrogen-bond acceptors (Lipinski definition) is 0. The maximum Gasteiger partial charge on any atom is -0.00450 e. The summed E-state index contributed by atoms with van der Waals surface area (Å²) in [7, 11) is -0.565. The summed E-state index contributed by atoms with van der Waals surface area (Å²) in [4.78, 5) is 4.68. The van der Waals surface area contributed by atoms with Crippen molar-refractivity contribution < 1.29 is 0 Å². The minimum Gasteiger partial charge on any atom is -0.173 e. The quantitative estimate of drug-likeness (QED) is 0.249. The minimum absolute atomic E-state index is 0.565. The molecule has 15 unspecified atom stereocenters. The Kier molecular flexibility index (Phi) is 6.79. The third kappa shape index (κ3) is 4.42. The van der Waals surface area contributed by atoms with Crippen LogP contribution in [0.5, 0.6) is 0 Å². The van der Waals surface area contributed by atoms with E-state index in [1.807, 2.05) is 0 Å². The predicted molar refractivity (Wildman–Crippen MR) is 202 cm³/mol. The topological polar surface area (TPSA) is 0 Å². The molecule has 0 spiro atoms. The van der Waals surface area contributed by atoms with Crippen molar-refractivity contribution in [2.75, 3.05) is 0 Å². The lowest BCUT2D eigenvalue weighted by Crippen LogP contribution is -2.23. The smallest absolute Gasteiger partial charge is 0.00450 e. The van der Waals surface area contributed by atoms with Crippen LogP contribution in [0.2, 0.25) is 0 Å². The first-order valence-corrected chi connectivity index (χ1v) is 22.7. The molecule has 256 valence electrons. The van der Waals surface area contributed by atoms with Gasteiger partial charge in [0.15, 0.2) is 0 Å². The van der Waals surface area contributed by atoms with Crippen LogP contribution in [0, 0.1) is 71.0 Å². The lowest BCUT2D eigenvalue weighted by Gasteiger charge is -2.33. The molecular weight excluding hydrogens is 609 g/mol. The van der Waals surface area contributed by atoms with Gasteiger partial charge in [-0.25, -0.2) is 0 Å². The maximum absolute atomic E-state index is 2.59. The normalized spacial score (nSPS) is 46.0. The van der Waals surface area contributed by atoms with Crippen molar-refractivity contribution in [2.45, 2.75) is 129 Å². The van der Waals surface area contributed by atoms with Crippen LogP contribution in [-0.4, -0.2) is 0 Å². The molecule has 0 aliphatic heterocycles. The minimum atomic E-state index is -0.565. The van der Waals surface area contributed by atoms with Gasteiger partial charge in [0, 0.05) is 0 Å². The second kappa shape index (κ2) is 11.3. The third-order valence-corrected chi connectivity index (χ3v) is 20.5. The molecule has 3 aromatic rings. The van der Waals surface area contributed by atoms with E-state index in [9.17, 15) is 0 Å². The number of benzene rings is 3. The highest BCUT2D eigenvalue weighted by Crippen LogP contribution is 2.66. The maximum atomic E-state index is 2.59. The summed E-state index contributed by atoms with van der Waals surface area (Å²) >= 11 is 0. The van der Waals surface area contributed by atoms with Gasteiger partial charge in [0.05, 0.1) is 0 Å². The van der Waals surface area contributed by atoms with Crippen LogP contribution in [0.25, 0.3) is 0 Å². The van der Waals surface area contributed by atoms with Gasteiger partial charge in [-0.1, -0.05) is 55.7 Å². The summed E-state index contributed by atoms with van der Waals surface area (Å²) < 4.78 is 0. The lowest BCUT2D eigenvalue weighted by molar-refractivity contribution is 0.232. The Morgan fingerprint density at radius 2 is 0.592 bits per heavy atom. The summed E-state index contributed by atoms with van der Waals surface area (Å²) in [6.07, 6.45) is 22.7. The molecule has 0 saturated heterocycles. The van der Waals surface area contributed by atoms with Crippen molar-refractivity contribution in [3.05, 3.63) is 89.5 Å². The largest absolute Gasteiger partial charge is 0.173 e. The van der Waals surface area contributed by atoms with E-state index in [4.69, 9.17) is 0 Å². The fourth-order valence-electron chi connectivity index (χ4n) is 16.4. The van der Waals surface area contributed by atoms with Crippen molar-refractivity contribution in [2.24, 2.45) is 71.0 Å². The molecule has 15 atom stereocenters. The zero-order valence-electron chi connectivity index (χ0n) is 29.6. The lowest BCUT2D eigenvalue weighted by atomic mass is 9.73. The van der Waals surface area contributed by atoms with Gasteiger partial charge < -0.3 is 0 Å². The molecule has 0 amide bonds. The molecule has 9 fully saturated rings. The third-order valence-electron chi connectivity index (χ3n) is 18.0. The highest BCUT2D eigenvalue weighted by Gasteiger charge is 2.56. The van der Waals surface area contributed by atoms with Gasteiger partial charge in [-0.15, -0.1) is 0 Å². The number of fused-ring (bicyclic) bond motifs is 15. The van der Waals surface area contributed by atoms with E-state index in [-0.39, 0.29) is 0 Å². The Hall–Kier alpha value is -1.99. The fourth-order valence-corrected chi connectivity index (χ4v) is 18.6. The molecule has 0 aromatic heterocycles. The molecule has 0 heterocycles. The van der Waals surface area contributed by atoms with E-state index < -0.39 is 10.9 Å². The summed E-state index contributed by atoms with van der Waals surface area (Å²) in [6.45, 7) is 0. The van der Waals surface area contributed by atoms with E-state index >= 15 is 0 Å². The second-order valence-electron chi connectivity index (χ2n) is 19.4. The molecule has 0 nitrogen and oxygen atoms in total. The molecule has 1 heteroatoms. The summed E-state index contributed by atoms with van der Waals surface area (Å²) in [5.41, 5.74) is 4.97. The van der Waals surface area contributed by atoms with Crippen LogP contribution < -0.4 is 0 Å². The van der Waals surface area contributed by atoms with Gasteiger partial charge in [0.1, 0.15) is 0 Å². The zero-order valence-corrected chi connectivity index (χ0v) is 30.5. The Bertz CT molecular complexity index is 1500. The van der Waals surface area contributed by atoms with Gasteiger partial charge in [-0.3, -0.25) is 0 Å². The Morgan fingerprint density at radius 3 is 0.898 bits per heavy atom. The zero-order chi connectivity index (χ0) is 31.8. The number of thiol groups is 1. The van der Waals surface area contributed by atoms with Gasteiger partial charge in [-0.05, 0) is 234 Å². The molecular formula is C48H58S. The molecule has 0 radical (unpaired) electrons. The van der Waals surface area contributed by atoms with Gasteiger partial charge in [0.25, 0.3) is 0 Å². The Balaban J connectivity index is 0.850. The molecule has 9 aliphatic carbocycles. The van der Waals surface area contributed by atoms with Crippen molar-refractivity contribution in [3.8, 4) is 0 Å². The van der Waals surface area contributed by atoms with Crippen molar-refractivity contribution in [1.29, 1.82) is 0 Å². The van der Waals surface area contributed by atoms with E-state index in [0.717, 1.165) is 88.8 Å². The van der Waals surface area contributed by atoms with Crippen LogP contribution in [0.3, 0.4) is 0 Å². The van der Waals surface area contributed by atoms with Crippen molar-refractivity contribution in [3.63, 3.8) is 0 Å². The van der Waals surface area contributed by atoms with Crippen LogP contribution in [0.4, 0.5) is 0 Å². The van der Waals surface area contributed by atoms with Crippen LogP contribution in [0.1, 0.15) is 131 Å². The number of hydrogen-bond donors (Lipinski definition) is 1. The molecule has 6 bridgehead atoms. The first kappa shape index (κ1) is 29.6. The predicted octanol–water partition coefficient (Wildman–Crippen LogP) is 12.8. The fraction of sp³-hybridized carbons (Fsp3) is 0.625. The van der Waals surface area contributed by atoms with Gasteiger partial charge in [-0.2, -0.15) is 10.9 Å². The SMILES string of the molecule is c1cc([SH](c2ccc(C3CC4CC3C3CCCC43)cc2)c2ccc(C3CC4CC3C3CCCC43)cc2)ccc1C1CC2CC1C1CCCC21. The van der Waals surface area contributed by atoms with E-state index in [0.29, 0.717) is 0 Å². The molecule has 9 aliphatic rings. The second-order valence-corrected chi connectivity index (χ2v) is 21.6. The van der Waals surface area contributed by atoms with E-state index in [1.165, 1.54) is 96.3 Å². The first-order valence-electron chi connectivity index (χ1n) is 21.3. The molecule has 49 heavy (non-hydrogen) atoms. The van der Waals surface area contributed by atoms with Crippen LogP contribution in [0.15, 0.2) is 87.5 Å². The highest BCUT2D eigenvalue weighted by atomic mass is 32.2. The van der Waals surface area contributed by atoms with Gasteiger partial charge >= 0.3 is 0 Å². The summed E-state index contributed by atoms with van der Waals surface area (Å²) in [5.74, 6) is 14.9. The molecule has 12 rings (SSSR count). The average molecular weight is 667 g/mol. The van der Waals surface area contributed by atoms with E-state index in [2.05, 4.69) is 72.8 Å². The van der Waals surface area contributed by atoms with Crippen molar-refractivity contribution in [1.82, 2.24) is 0 Å². The molecule has 0 N–H and O–H groups in total.